The smallest absolute Gasteiger partial charge is 0.237 e. The number of hydrogen-bond acceptors (Lipinski definition) is 5. The molecule has 0 saturated heterocycles. The van der Waals surface area contributed by atoms with Gasteiger partial charge in [0.05, 0.1) is 23.6 Å². The van der Waals surface area contributed by atoms with Crippen molar-refractivity contribution >= 4 is 23.4 Å². The molecule has 0 spiro atoms. The lowest BCUT2D eigenvalue weighted by Gasteiger charge is -2.16. The second-order valence-electron chi connectivity index (χ2n) is 8.56. The second kappa shape index (κ2) is 11.1. The number of benzene rings is 3. The number of pyridine rings is 1. The number of carbonyl (C=O) groups excluding carboxylic acids is 1. The Balaban J connectivity index is 1.73. The van der Waals surface area contributed by atoms with Crippen molar-refractivity contribution in [3.05, 3.63) is 95.6 Å². The van der Waals surface area contributed by atoms with Gasteiger partial charge in [-0.25, -0.2) is 4.98 Å². The third-order valence-corrected chi connectivity index (χ3v) is 6.91. The van der Waals surface area contributed by atoms with Crippen LogP contribution in [0.5, 0.6) is 5.75 Å². The van der Waals surface area contributed by atoms with Crippen LogP contribution in [0.2, 0.25) is 0 Å². The first-order valence-corrected chi connectivity index (χ1v) is 12.5. The standard InChI is InChI=1S/C30H27N3O2S/c1-19-5-9-23(10-6-19)28-17-26(22-11-15-25(35-4)16-12-22)27(18-31)30(33-28)36-21(3)29(34)32-24-13-7-20(2)8-14-24/h5-17,21H,1-4H3,(H,32,34)/t21-/m0/s1. The number of methoxy groups -OCH3 is 1. The first-order chi connectivity index (χ1) is 17.4. The summed E-state index contributed by atoms with van der Waals surface area (Å²) in [5.74, 6) is 0.586. The fourth-order valence-corrected chi connectivity index (χ4v) is 4.61. The molecule has 0 saturated carbocycles. The molecule has 0 unspecified atom stereocenters. The van der Waals surface area contributed by atoms with Crippen LogP contribution in [0.15, 0.2) is 83.9 Å². The Kier molecular flexibility index (Phi) is 7.72. The summed E-state index contributed by atoms with van der Waals surface area (Å²) in [4.78, 5) is 17.8. The van der Waals surface area contributed by atoms with E-state index in [-0.39, 0.29) is 5.91 Å². The lowest BCUT2D eigenvalue weighted by Crippen LogP contribution is -2.22. The molecule has 0 aliphatic carbocycles. The number of amides is 1. The highest BCUT2D eigenvalue weighted by Gasteiger charge is 2.21. The molecule has 6 heteroatoms. The highest BCUT2D eigenvalue weighted by molar-refractivity contribution is 8.00. The molecule has 0 aliphatic heterocycles. The molecule has 0 aliphatic rings. The van der Waals surface area contributed by atoms with Crippen molar-refractivity contribution < 1.29 is 9.53 Å². The number of rotatable bonds is 7. The number of ether oxygens (including phenoxy) is 1. The zero-order valence-electron chi connectivity index (χ0n) is 20.7. The van der Waals surface area contributed by atoms with Crippen molar-refractivity contribution in [3.8, 4) is 34.2 Å². The molecule has 1 atom stereocenters. The Morgan fingerprint density at radius 3 is 2.11 bits per heavy atom. The number of thioether (sulfide) groups is 1. The maximum Gasteiger partial charge on any atom is 0.237 e. The normalized spacial score (nSPS) is 11.4. The Labute approximate surface area is 216 Å². The van der Waals surface area contributed by atoms with E-state index in [1.807, 2.05) is 99.6 Å². The van der Waals surface area contributed by atoms with Crippen LogP contribution in [0, 0.1) is 25.2 Å². The van der Waals surface area contributed by atoms with Gasteiger partial charge in [0.2, 0.25) is 5.91 Å². The average Bonchev–Trinajstić information content (AvgIpc) is 2.90. The Hall–Kier alpha value is -4.08. The number of nitrogens with zero attached hydrogens (tertiary/aromatic N) is 2. The molecule has 3 aromatic carbocycles. The summed E-state index contributed by atoms with van der Waals surface area (Å²) in [6, 6.07) is 27.6. The van der Waals surface area contributed by atoms with Gasteiger partial charge in [-0.05, 0) is 56.7 Å². The van der Waals surface area contributed by atoms with Crippen molar-refractivity contribution in [2.75, 3.05) is 12.4 Å². The van der Waals surface area contributed by atoms with Gasteiger partial charge >= 0.3 is 0 Å². The summed E-state index contributed by atoms with van der Waals surface area (Å²) in [5, 5.41) is 13.1. The van der Waals surface area contributed by atoms with Gasteiger partial charge < -0.3 is 10.1 Å². The maximum absolute atomic E-state index is 13.0. The SMILES string of the molecule is COc1ccc(-c2cc(-c3ccc(C)cc3)nc(S[C@@H](C)C(=O)Nc3ccc(C)cc3)c2C#N)cc1. The quantitative estimate of drug-likeness (QED) is 0.280. The van der Waals surface area contributed by atoms with Crippen molar-refractivity contribution in [1.82, 2.24) is 4.98 Å². The molecule has 0 fully saturated rings. The van der Waals surface area contributed by atoms with E-state index >= 15 is 0 Å². The topological polar surface area (TPSA) is 75.0 Å². The first kappa shape index (κ1) is 25.0. The minimum Gasteiger partial charge on any atom is -0.497 e. The lowest BCUT2D eigenvalue weighted by molar-refractivity contribution is -0.115. The van der Waals surface area contributed by atoms with Crippen molar-refractivity contribution in [3.63, 3.8) is 0 Å². The van der Waals surface area contributed by atoms with Crippen LogP contribution in [0.4, 0.5) is 5.69 Å². The van der Waals surface area contributed by atoms with E-state index in [9.17, 15) is 10.1 Å². The van der Waals surface area contributed by atoms with Gasteiger partial charge in [0.25, 0.3) is 0 Å². The minimum absolute atomic E-state index is 0.152. The van der Waals surface area contributed by atoms with Crippen LogP contribution in [-0.4, -0.2) is 23.3 Å². The lowest BCUT2D eigenvalue weighted by atomic mass is 9.99. The minimum atomic E-state index is -0.470. The number of aryl methyl sites for hydroxylation is 2. The van der Waals surface area contributed by atoms with Crippen molar-refractivity contribution in [1.29, 1.82) is 5.26 Å². The van der Waals surface area contributed by atoms with Crippen LogP contribution in [-0.2, 0) is 4.79 Å². The fourth-order valence-electron chi connectivity index (χ4n) is 3.69. The van der Waals surface area contributed by atoms with E-state index in [0.717, 1.165) is 44.9 Å². The summed E-state index contributed by atoms with van der Waals surface area (Å²) in [7, 11) is 1.62. The number of nitrogens with one attached hydrogen (secondary N) is 1. The summed E-state index contributed by atoms with van der Waals surface area (Å²) in [6.07, 6.45) is 0. The highest BCUT2D eigenvalue weighted by Crippen LogP contribution is 2.36. The average molecular weight is 494 g/mol. The maximum atomic E-state index is 13.0. The monoisotopic (exact) mass is 493 g/mol. The van der Waals surface area contributed by atoms with Crippen molar-refractivity contribution in [2.24, 2.45) is 0 Å². The van der Waals surface area contributed by atoms with Gasteiger partial charge in [-0.15, -0.1) is 0 Å². The van der Waals surface area contributed by atoms with Gasteiger partial charge in [-0.1, -0.05) is 71.4 Å². The zero-order valence-corrected chi connectivity index (χ0v) is 21.5. The predicted molar refractivity (Wildman–Crippen MR) is 146 cm³/mol. The molecule has 0 bridgehead atoms. The summed E-state index contributed by atoms with van der Waals surface area (Å²) < 4.78 is 5.30. The molecular formula is C30H27N3O2S. The number of hydrogen-bond donors (Lipinski definition) is 1. The van der Waals surface area contributed by atoms with Gasteiger partial charge in [0, 0.05) is 16.8 Å². The number of carbonyl (C=O) groups is 1. The van der Waals surface area contributed by atoms with Gasteiger partial charge in [-0.3, -0.25) is 4.79 Å². The molecule has 5 nitrogen and oxygen atoms in total. The van der Waals surface area contributed by atoms with E-state index in [1.54, 1.807) is 7.11 Å². The van der Waals surface area contributed by atoms with E-state index in [0.29, 0.717) is 10.6 Å². The molecular weight excluding hydrogens is 466 g/mol. The van der Waals surface area contributed by atoms with Gasteiger partial charge in [0.15, 0.2) is 0 Å². The van der Waals surface area contributed by atoms with E-state index < -0.39 is 5.25 Å². The number of nitriles is 1. The van der Waals surface area contributed by atoms with E-state index in [2.05, 4.69) is 11.4 Å². The van der Waals surface area contributed by atoms with Gasteiger partial charge in [-0.2, -0.15) is 5.26 Å². The van der Waals surface area contributed by atoms with E-state index in [1.165, 1.54) is 11.8 Å². The summed E-state index contributed by atoms with van der Waals surface area (Å²) in [5.41, 5.74) is 6.78. The Morgan fingerprint density at radius 1 is 0.944 bits per heavy atom. The Morgan fingerprint density at radius 2 is 1.53 bits per heavy atom. The van der Waals surface area contributed by atoms with Crippen LogP contribution >= 0.6 is 11.8 Å². The van der Waals surface area contributed by atoms with E-state index in [4.69, 9.17) is 9.72 Å². The Bertz CT molecular complexity index is 1410. The summed E-state index contributed by atoms with van der Waals surface area (Å²) in [6.45, 7) is 5.86. The molecule has 1 heterocycles. The third kappa shape index (κ3) is 5.76. The molecule has 36 heavy (non-hydrogen) atoms. The van der Waals surface area contributed by atoms with Crippen LogP contribution < -0.4 is 10.1 Å². The van der Waals surface area contributed by atoms with Crippen LogP contribution in [0.25, 0.3) is 22.4 Å². The zero-order chi connectivity index (χ0) is 25.7. The molecule has 180 valence electrons. The first-order valence-electron chi connectivity index (χ1n) is 11.6. The number of anilines is 1. The van der Waals surface area contributed by atoms with Gasteiger partial charge in [0.1, 0.15) is 16.8 Å². The van der Waals surface area contributed by atoms with Crippen LogP contribution in [0.1, 0.15) is 23.6 Å². The molecule has 0 radical (unpaired) electrons. The predicted octanol–water partition coefficient (Wildman–Crippen LogP) is 7.03. The molecule has 1 N–H and O–H groups in total. The molecule has 1 aromatic heterocycles. The van der Waals surface area contributed by atoms with Crippen molar-refractivity contribution in [2.45, 2.75) is 31.0 Å². The third-order valence-electron chi connectivity index (χ3n) is 5.82. The summed E-state index contributed by atoms with van der Waals surface area (Å²) >= 11 is 1.28. The number of aromatic nitrogens is 1. The highest BCUT2D eigenvalue weighted by atomic mass is 32.2. The fraction of sp³-hybridized carbons (Fsp3) is 0.167. The largest absolute Gasteiger partial charge is 0.497 e. The molecule has 4 rings (SSSR count). The molecule has 1 amide bonds. The van der Waals surface area contributed by atoms with Crippen LogP contribution in [0.3, 0.4) is 0 Å². The second-order valence-corrected chi connectivity index (χ2v) is 9.89. The molecule has 4 aromatic rings.